The highest BCUT2D eigenvalue weighted by atomic mass is 28.2. The Morgan fingerprint density at radius 2 is 2.38 bits per heavy atom. The maximum atomic E-state index is 3.61. The second kappa shape index (κ2) is 5.06. The maximum absolute atomic E-state index is 3.61. The van der Waals surface area contributed by atoms with Crippen LogP contribution < -0.4 is 0 Å². The van der Waals surface area contributed by atoms with Crippen LogP contribution in [0.25, 0.3) is 0 Å². The highest BCUT2D eigenvalue weighted by molar-refractivity contribution is 6.04. The van der Waals surface area contributed by atoms with Crippen molar-refractivity contribution in [2.24, 2.45) is 0 Å². The van der Waals surface area contributed by atoms with Gasteiger partial charge in [-0.2, -0.15) is 0 Å². The molecule has 0 saturated heterocycles. The second-order valence-corrected chi connectivity index (χ2v) is 2.37. The van der Waals surface area contributed by atoms with Crippen LogP contribution in [0.5, 0.6) is 0 Å². The highest BCUT2D eigenvalue weighted by Gasteiger charge is 1.88. The molecule has 0 unspecified atom stereocenters. The molecule has 0 rings (SSSR count). The van der Waals surface area contributed by atoms with Crippen molar-refractivity contribution in [3.63, 3.8) is 0 Å². The molecule has 0 aromatic heterocycles. The van der Waals surface area contributed by atoms with E-state index in [1.54, 1.807) is 0 Å². The zero-order chi connectivity index (χ0) is 6.41. The Hall–Kier alpha value is -0.0831. The first-order chi connectivity index (χ1) is 3.81. The third-order valence-corrected chi connectivity index (χ3v) is 1.25. The molecule has 2 heteroatoms. The van der Waals surface area contributed by atoms with Gasteiger partial charge in [0.1, 0.15) is 10.4 Å². The minimum atomic E-state index is 0.921. The fourth-order valence-electron chi connectivity index (χ4n) is 0.517. The molecule has 45 valence electrons. The SMILES string of the molecule is C=CCN([Si])CCC. The Morgan fingerprint density at radius 3 is 2.75 bits per heavy atom. The zero-order valence-corrected chi connectivity index (χ0v) is 6.35. The van der Waals surface area contributed by atoms with Crippen LogP contribution in [0.2, 0.25) is 0 Å². The molecule has 0 N–H and O–H groups in total. The van der Waals surface area contributed by atoms with Crippen molar-refractivity contribution in [2.45, 2.75) is 13.3 Å². The van der Waals surface area contributed by atoms with E-state index in [2.05, 4.69) is 23.9 Å². The third-order valence-electron chi connectivity index (χ3n) is 0.843. The number of hydrogen-bond donors (Lipinski definition) is 0. The topological polar surface area (TPSA) is 3.24 Å². The summed E-state index contributed by atoms with van der Waals surface area (Å²) in [5, 5.41) is 0. The van der Waals surface area contributed by atoms with E-state index in [0.717, 1.165) is 13.1 Å². The molecular weight excluding hydrogens is 114 g/mol. The monoisotopic (exact) mass is 126 g/mol. The molecule has 0 bridgehead atoms. The quantitative estimate of drug-likeness (QED) is 0.401. The van der Waals surface area contributed by atoms with E-state index >= 15 is 0 Å². The van der Waals surface area contributed by atoms with Crippen LogP contribution in [0.15, 0.2) is 12.7 Å². The smallest absolute Gasteiger partial charge is 0.143 e. The van der Waals surface area contributed by atoms with Gasteiger partial charge in [-0.25, -0.2) is 0 Å². The summed E-state index contributed by atoms with van der Waals surface area (Å²) in [4.78, 5) is 0. The standard InChI is InChI=1S/C6H12NSi/c1-3-5-7(8)6-4-2/h3H,1,4-6H2,2H3. The van der Waals surface area contributed by atoms with Gasteiger partial charge >= 0.3 is 0 Å². The van der Waals surface area contributed by atoms with Crippen LogP contribution in [-0.2, 0) is 0 Å². The lowest BCUT2D eigenvalue weighted by Gasteiger charge is -2.10. The van der Waals surface area contributed by atoms with Gasteiger partial charge in [0.25, 0.3) is 0 Å². The molecule has 3 radical (unpaired) electrons. The second-order valence-electron chi connectivity index (χ2n) is 1.73. The fourth-order valence-corrected chi connectivity index (χ4v) is 0.870. The molecule has 0 fully saturated rings. The summed E-state index contributed by atoms with van der Waals surface area (Å²) >= 11 is 0. The van der Waals surface area contributed by atoms with Gasteiger partial charge in [0.2, 0.25) is 0 Å². The Bertz CT molecular complexity index is 63.5. The average molecular weight is 126 g/mol. The molecule has 0 aliphatic carbocycles. The Balaban J connectivity index is 3.03. The van der Waals surface area contributed by atoms with E-state index in [1.807, 2.05) is 10.6 Å². The lowest BCUT2D eigenvalue weighted by Crippen LogP contribution is -2.20. The van der Waals surface area contributed by atoms with Crippen LogP contribution in [0.3, 0.4) is 0 Å². The van der Waals surface area contributed by atoms with E-state index in [4.69, 9.17) is 0 Å². The molecule has 0 aromatic rings. The van der Waals surface area contributed by atoms with Crippen molar-refractivity contribution in [2.75, 3.05) is 13.1 Å². The molecule has 0 heterocycles. The third kappa shape index (κ3) is 4.09. The van der Waals surface area contributed by atoms with Crippen molar-refractivity contribution in [3.05, 3.63) is 12.7 Å². The zero-order valence-electron chi connectivity index (χ0n) is 5.35. The van der Waals surface area contributed by atoms with Gasteiger partial charge in [-0.3, -0.25) is 0 Å². The van der Waals surface area contributed by atoms with Gasteiger partial charge in [0.05, 0.1) is 0 Å². The lowest BCUT2D eigenvalue weighted by molar-refractivity contribution is 0.497. The molecule has 0 spiro atoms. The van der Waals surface area contributed by atoms with E-state index in [1.165, 1.54) is 6.42 Å². The number of nitrogens with zero attached hydrogens (tertiary/aromatic N) is 1. The first-order valence-corrected chi connectivity index (χ1v) is 3.33. The van der Waals surface area contributed by atoms with Gasteiger partial charge in [-0.05, 0) is 13.0 Å². The van der Waals surface area contributed by atoms with Crippen LogP contribution >= 0.6 is 0 Å². The number of hydrogen-bond acceptors (Lipinski definition) is 1. The molecule has 0 amide bonds. The minimum Gasteiger partial charge on any atom is -0.323 e. The summed E-state index contributed by atoms with van der Waals surface area (Å²) in [5.74, 6) is 0. The van der Waals surface area contributed by atoms with Crippen molar-refractivity contribution in [1.29, 1.82) is 0 Å². The van der Waals surface area contributed by atoms with Crippen LogP contribution in [0.4, 0.5) is 0 Å². The van der Waals surface area contributed by atoms with E-state index < -0.39 is 0 Å². The van der Waals surface area contributed by atoms with Gasteiger partial charge in [-0.15, -0.1) is 6.58 Å². The molecule has 0 atom stereocenters. The predicted molar refractivity (Wildman–Crippen MR) is 37.8 cm³/mol. The van der Waals surface area contributed by atoms with E-state index in [9.17, 15) is 0 Å². The lowest BCUT2D eigenvalue weighted by atomic mass is 10.5. The summed E-state index contributed by atoms with van der Waals surface area (Å²) in [7, 11) is 3.41. The normalized spacial score (nSPS) is 9.88. The fraction of sp³-hybridized carbons (Fsp3) is 0.667. The average Bonchev–Trinajstić information content (AvgIpc) is 1.68. The first kappa shape index (κ1) is 7.92. The summed E-state index contributed by atoms with van der Waals surface area (Å²) in [6.45, 7) is 7.77. The predicted octanol–water partition coefficient (Wildman–Crippen LogP) is 0.968. The Labute approximate surface area is 54.9 Å². The van der Waals surface area contributed by atoms with Crippen molar-refractivity contribution in [1.82, 2.24) is 4.57 Å². The van der Waals surface area contributed by atoms with Gasteiger partial charge < -0.3 is 4.57 Å². The first-order valence-electron chi connectivity index (χ1n) is 2.88. The molecule has 0 aliphatic rings. The van der Waals surface area contributed by atoms with Crippen LogP contribution in [0, 0.1) is 0 Å². The summed E-state index contributed by atoms with van der Waals surface area (Å²) in [6.07, 6.45) is 3.06. The highest BCUT2D eigenvalue weighted by Crippen LogP contribution is 1.82. The molecular formula is C6H12NSi. The summed E-state index contributed by atoms with van der Waals surface area (Å²) in [5.41, 5.74) is 0. The minimum absolute atomic E-state index is 0.921. The Morgan fingerprint density at radius 1 is 1.75 bits per heavy atom. The molecule has 8 heavy (non-hydrogen) atoms. The largest absolute Gasteiger partial charge is 0.323 e. The van der Waals surface area contributed by atoms with Crippen LogP contribution in [0.1, 0.15) is 13.3 Å². The van der Waals surface area contributed by atoms with Gasteiger partial charge in [0.15, 0.2) is 0 Å². The summed E-state index contributed by atoms with van der Waals surface area (Å²) < 4.78 is 2.05. The van der Waals surface area contributed by atoms with Crippen LogP contribution in [-0.4, -0.2) is 28.1 Å². The van der Waals surface area contributed by atoms with E-state index in [0.29, 0.717) is 0 Å². The van der Waals surface area contributed by atoms with Crippen molar-refractivity contribution in [3.8, 4) is 0 Å². The van der Waals surface area contributed by atoms with E-state index in [-0.39, 0.29) is 0 Å². The Kier molecular flexibility index (Phi) is 5.01. The molecule has 0 saturated carbocycles. The van der Waals surface area contributed by atoms with Gasteiger partial charge in [0, 0.05) is 6.54 Å². The number of rotatable bonds is 4. The molecule has 0 aliphatic heterocycles. The molecule has 1 nitrogen and oxygen atoms in total. The van der Waals surface area contributed by atoms with Crippen molar-refractivity contribution < 1.29 is 0 Å². The summed E-state index contributed by atoms with van der Waals surface area (Å²) in [6, 6.07) is 0. The molecule has 0 aromatic carbocycles. The maximum Gasteiger partial charge on any atom is 0.143 e. The van der Waals surface area contributed by atoms with Crippen molar-refractivity contribution >= 4 is 10.4 Å². The van der Waals surface area contributed by atoms with Gasteiger partial charge in [-0.1, -0.05) is 13.0 Å².